The molecule has 0 saturated carbocycles. The molecule has 0 radical (unpaired) electrons. The van der Waals surface area contributed by atoms with Crippen LogP contribution in [-0.2, 0) is 11.3 Å². The maximum atomic E-state index is 12.9. The Hall–Kier alpha value is -2.61. The molecule has 30 heavy (non-hydrogen) atoms. The number of ketones is 1. The third-order valence-corrected chi connectivity index (χ3v) is 6.67. The molecule has 0 unspecified atom stereocenters. The Morgan fingerprint density at radius 3 is 2.57 bits per heavy atom. The van der Waals surface area contributed by atoms with Crippen molar-refractivity contribution in [3.05, 3.63) is 44.5 Å². The quantitative estimate of drug-likeness (QED) is 0.659. The molecule has 1 saturated heterocycles. The van der Waals surface area contributed by atoms with E-state index in [9.17, 15) is 14.4 Å². The number of thiazole rings is 1. The Morgan fingerprint density at radius 2 is 1.87 bits per heavy atom. The molecule has 1 aromatic carbocycles. The maximum absolute atomic E-state index is 12.9. The fourth-order valence-corrected chi connectivity index (χ4v) is 4.81. The first-order valence-corrected chi connectivity index (χ1v) is 11.3. The van der Waals surface area contributed by atoms with Gasteiger partial charge in [-0.1, -0.05) is 11.3 Å². The first kappa shape index (κ1) is 20.7. The van der Waals surface area contributed by atoms with Crippen LogP contribution in [0.15, 0.2) is 28.4 Å². The van der Waals surface area contributed by atoms with Crippen LogP contribution >= 0.6 is 11.3 Å². The number of amides is 1. The Kier molecular flexibility index (Phi) is 6.22. The highest BCUT2D eigenvalue weighted by Crippen LogP contribution is 2.32. The number of carbonyl (C=O) groups is 2. The Bertz CT molecular complexity index is 988. The molecule has 1 fully saturated rings. The van der Waals surface area contributed by atoms with Gasteiger partial charge in [0.1, 0.15) is 13.2 Å². The molecule has 7 nitrogen and oxygen atoms in total. The third kappa shape index (κ3) is 4.43. The number of aryl methyl sites for hydroxylation is 1. The van der Waals surface area contributed by atoms with Gasteiger partial charge < -0.3 is 18.9 Å². The van der Waals surface area contributed by atoms with Crippen LogP contribution in [0.4, 0.5) is 0 Å². The molecule has 0 atom stereocenters. The second kappa shape index (κ2) is 9.04. The lowest BCUT2D eigenvalue weighted by Crippen LogP contribution is -2.40. The highest BCUT2D eigenvalue weighted by Gasteiger charge is 2.28. The average molecular weight is 431 g/mol. The van der Waals surface area contributed by atoms with Crippen LogP contribution in [-0.4, -0.2) is 47.5 Å². The largest absolute Gasteiger partial charge is 0.486 e. The van der Waals surface area contributed by atoms with Gasteiger partial charge in [0.2, 0.25) is 5.91 Å². The normalized spacial score (nSPS) is 16.5. The van der Waals surface area contributed by atoms with Crippen molar-refractivity contribution in [3.8, 4) is 11.5 Å². The number of carbonyl (C=O) groups excluding carboxylic acids is 2. The van der Waals surface area contributed by atoms with Gasteiger partial charge in [-0.05, 0) is 44.4 Å². The van der Waals surface area contributed by atoms with Crippen LogP contribution in [0.25, 0.3) is 0 Å². The van der Waals surface area contributed by atoms with E-state index >= 15 is 0 Å². The maximum Gasteiger partial charge on any atom is 0.307 e. The highest BCUT2D eigenvalue weighted by atomic mass is 32.1. The van der Waals surface area contributed by atoms with E-state index in [-0.39, 0.29) is 22.5 Å². The summed E-state index contributed by atoms with van der Waals surface area (Å²) in [4.78, 5) is 39.1. The summed E-state index contributed by atoms with van der Waals surface area (Å²) in [6.07, 6.45) is 2.40. The van der Waals surface area contributed by atoms with Crippen molar-refractivity contribution >= 4 is 23.0 Å². The Labute approximate surface area is 179 Å². The SMILES string of the molecule is Cc1csc(=O)n1CCCC(=O)N1CCC(C(=O)c2ccc3c(c2)OCCO3)CC1. The number of fused-ring (bicyclic) bond motifs is 1. The molecule has 0 aliphatic carbocycles. The van der Waals surface area contributed by atoms with E-state index < -0.39 is 0 Å². The fraction of sp³-hybridized carbons (Fsp3) is 0.500. The number of hydrogen-bond donors (Lipinski definition) is 0. The molecule has 0 bridgehead atoms. The first-order chi connectivity index (χ1) is 14.5. The second-order valence-corrected chi connectivity index (χ2v) is 8.60. The summed E-state index contributed by atoms with van der Waals surface area (Å²) in [6, 6.07) is 5.35. The molecule has 1 aromatic heterocycles. The number of aromatic nitrogens is 1. The minimum absolute atomic E-state index is 0.0263. The summed E-state index contributed by atoms with van der Waals surface area (Å²) in [7, 11) is 0. The van der Waals surface area contributed by atoms with Gasteiger partial charge in [-0.25, -0.2) is 0 Å². The molecule has 2 aliphatic heterocycles. The molecular formula is C22H26N2O5S. The average Bonchev–Trinajstić information content (AvgIpc) is 3.10. The van der Waals surface area contributed by atoms with Crippen molar-refractivity contribution in [3.63, 3.8) is 0 Å². The summed E-state index contributed by atoms with van der Waals surface area (Å²) >= 11 is 1.19. The monoisotopic (exact) mass is 430 g/mol. The number of likely N-dealkylation sites (tertiary alicyclic amines) is 1. The van der Waals surface area contributed by atoms with E-state index in [1.807, 2.05) is 17.2 Å². The van der Waals surface area contributed by atoms with Gasteiger partial charge in [-0.2, -0.15) is 0 Å². The Morgan fingerprint density at radius 1 is 1.13 bits per heavy atom. The summed E-state index contributed by atoms with van der Waals surface area (Å²) in [5, 5.41) is 1.84. The lowest BCUT2D eigenvalue weighted by Gasteiger charge is -2.31. The minimum Gasteiger partial charge on any atom is -0.486 e. The van der Waals surface area contributed by atoms with Gasteiger partial charge in [0, 0.05) is 48.6 Å². The summed E-state index contributed by atoms with van der Waals surface area (Å²) < 4.78 is 12.8. The van der Waals surface area contributed by atoms with Gasteiger partial charge >= 0.3 is 4.87 Å². The predicted octanol–water partition coefficient (Wildman–Crippen LogP) is 2.89. The number of Topliss-reactive ketones (excluding diaryl/α,β-unsaturated/α-hetero) is 1. The van der Waals surface area contributed by atoms with Crippen LogP contribution in [0.1, 0.15) is 41.7 Å². The lowest BCUT2D eigenvalue weighted by molar-refractivity contribution is -0.132. The smallest absolute Gasteiger partial charge is 0.307 e. The van der Waals surface area contributed by atoms with E-state index in [1.165, 1.54) is 11.3 Å². The van der Waals surface area contributed by atoms with Gasteiger partial charge in [0.05, 0.1) is 0 Å². The summed E-state index contributed by atoms with van der Waals surface area (Å²) in [5.41, 5.74) is 1.58. The van der Waals surface area contributed by atoms with Crippen LogP contribution in [0.5, 0.6) is 11.5 Å². The van der Waals surface area contributed by atoms with Crippen molar-refractivity contribution in [1.29, 1.82) is 0 Å². The molecule has 1 amide bonds. The predicted molar refractivity (Wildman–Crippen MR) is 114 cm³/mol. The van der Waals surface area contributed by atoms with Crippen molar-refractivity contribution in [2.45, 2.75) is 39.2 Å². The molecular weight excluding hydrogens is 404 g/mol. The standard InChI is InChI=1S/C22H26N2O5S/c1-15-14-30-22(27)24(15)8-2-3-20(25)23-9-6-16(7-10-23)21(26)17-4-5-18-19(13-17)29-12-11-28-18/h4-5,13-14,16H,2-3,6-12H2,1H3. The first-order valence-electron chi connectivity index (χ1n) is 10.4. The van der Waals surface area contributed by atoms with Gasteiger partial charge in [0.25, 0.3) is 0 Å². The number of benzene rings is 1. The number of nitrogens with zero attached hydrogens (tertiary/aromatic N) is 2. The van der Waals surface area contributed by atoms with Crippen LogP contribution in [0.3, 0.4) is 0 Å². The zero-order valence-corrected chi connectivity index (χ0v) is 17.9. The lowest BCUT2D eigenvalue weighted by atomic mass is 9.88. The number of piperidine rings is 1. The molecule has 2 aliphatic rings. The van der Waals surface area contributed by atoms with Crippen molar-refractivity contribution in [2.75, 3.05) is 26.3 Å². The molecule has 3 heterocycles. The van der Waals surface area contributed by atoms with Gasteiger partial charge in [-0.3, -0.25) is 14.4 Å². The fourth-order valence-electron chi connectivity index (χ4n) is 4.04. The summed E-state index contributed by atoms with van der Waals surface area (Å²) in [6.45, 7) is 4.68. The van der Waals surface area contributed by atoms with E-state index in [1.54, 1.807) is 22.8 Å². The van der Waals surface area contributed by atoms with Crippen LogP contribution in [0, 0.1) is 12.8 Å². The second-order valence-electron chi connectivity index (χ2n) is 7.78. The van der Waals surface area contributed by atoms with Gasteiger partial charge in [-0.15, -0.1) is 0 Å². The Balaban J connectivity index is 1.26. The molecule has 8 heteroatoms. The number of hydrogen-bond acceptors (Lipinski definition) is 6. The van der Waals surface area contributed by atoms with E-state index in [2.05, 4.69) is 0 Å². The molecule has 4 rings (SSSR count). The van der Waals surface area contributed by atoms with Crippen LogP contribution in [0.2, 0.25) is 0 Å². The van der Waals surface area contributed by atoms with E-state index in [0.29, 0.717) is 75.6 Å². The topological polar surface area (TPSA) is 77.8 Å². The minimum atomic E-state index is -0.0800. The van der Waals surface area contributed by atoms with E-state index in [0.717, 1.165) is 5.69 Å². The van der Waals surface area contributed by atoms with Crippen LogP contribution < -0.4 is 14.3 Å². The van der Waals surface area contributed by atoms with E-state index in [4.69, 9.17) is 9.47 Å². The third-order valence-electron chi connectivity index (χ3n) is 5.79. The molecule has 160 valence electrons. The number of rotatable bonds is 6. The van der Waals surface area contributed by atoms with Crippen molar-refractivity contribution in [2.24, 2.45) is 5.92 Å². The molecule has 0 N–H and O–H groups in total. The zero-order valence-electron chi connectivity index (χ0n) is 17.1. The van der Waals surface area contributed by atoms with Crippen molar-refractivity contribution in [1.82, 2.24) is 9.47 Å². The van der Waals surface area contributed by atoms with Crippen molar-refractivity contribution < 1.29 is 19.1 Å². The summed E-state index contributed by atoms with van der Waals surface area (Å²) in [5.74, 6) is 1.42. The molecule has 2 aromatic rings. The van der Waals surface area contributed by atoms with Gasteiger partial charge in [0.15, 0.2) is 17.3 Å². The highest BCUT2D eigenvalue weighted by molar-refractivity contribution is 7.07. The zero-order chi connectivity index (χ0) is 21.1. The molecule has 0 spiro atoms. The number of ether oxygens (including phenoxy) is 2.